The molecule has 3 aromatic rings. The van der Waals surface area contributed by atoms with E-state index in [1.807, 2.05) is 0 Å². The highest BCUT2D eigenvalue weighted by Gasteiger charge is 2.22. The van der Waals surface area contributed by atoms with Crippen molar-refractivity contribution in [3.8, 4) is 0 Å². The van der Waals surface area contributed by atoms with E-state index in [-0.39, 0.29) is 0 Å². The summed E-state index contributed by atoms with van der Waals surface area (Å²) in [5, 5.41) is 0. The molecule has 2 aliphatic carbocycles. The predicted molar refractivity (Wildman–Crippen MR) is 156 cm³/mol. The van der Waals surface area contributed by atoms with Crippen LogP contribution in [0.3, 0.4) is 0 Å². The lowest BCUT2D eigenvalue weighted by Crippen LogP contribution is -2.08. The van der Waals surface area contributed by atoms with E-state index in [2.05, 4.69) is 113 Å². The molecule has 0 amide bonds. The maximum atomic E-state index is 4.40. The Morgan fingerprint density at radius 1 is 0.833 bits per heavy atom. The second-order valence-electron chi connectivity index (χ2n) is 10.9. The van der Waals surface area contributed by atoms with Gasteiger partial charge in [-0.25, -0.2) is 0 Å². The van der Waals surface area contributed by atoms with Crippen LogP contribution < -0.4 is 0 Å². The van der Waals surface area contributed by atoms with Crippen molar-refractivity contribution in [2.45, 2.75) is 59.8 Å². The minimum absolute atomic E-state index is 0.653. The molecule has 1 unspecified atom stereocenters. The van der Waals surface area contributed by atoms with Crippen LogP contribution in [0.4, 0.5) is 0 Å². The summed E-state index contributed by atoms with van der Waals surface area (Å²) in [6.45, 7) is 13.3. The summed E-state index contributed by atoms with van der Waals surface area (Å²) in [7, 11) is 0. The molecule has 0 nitrogen and oxygen atoms in total. The Labute approximate surface area is 217 Å². The summed E-state index contributed by atoms with van der Waals surface area (Å²) in [5.41, 5.74) is 16.7. The van der Waals surface area contributed by atoms with Crippen LogP contribution >= 0.6 is 0 Å². The van der Waals surface area contributed by atoms with Gasteiger partial charge in [-0.1, -0.05) is 102 Å². The van der Waals surface area contributed by atoms with Gasteiger partial charge in [-0.05, 0) is 116 Å². The largest absolute Gasteiger partial charge is 0.0949 e. The zero-order valence-electron chi connectivity index (χ0n) is 22.3. The summed E-state index contributed by atoms with van der Waals surface area (Å²) in [6, 6.07) is 22.4. The van der Waals surface area contributed by atoms with E-state index in [4.69, 9.17) is 0 Å². The average Bonchev–Trinajstić information content (AvgIpc) is 3.32. The fourth-order valence-electron chi connectivity index (χ4n) is 5.67. The molecule has 5 rings (SSSR count). The minimum atomic E-state index is 0.653. The molecule has 0 spiro atoms. The third-order valence-corrected chi connectivity index (χ3v) is 8.23. The highest BCUT2D eigenvalue weighted by atomic mass is 14.3. The van der Waals surface area contributed by atoms with Crippen molar-refractivity contribution in [1.82, 2.24) is 0 Å². The predicted octanol–water partition coefficient (Wildman–Crippen LogP) is 9.33. The standard InChI is InChI=1S/C36H38/c1-24-6-10-29(11-7-24)12-15-31-16-18-33(21-27(31)4)35-22-34-19-17-32(28(5)36(34)23-35)20-26(3)30-13-8-25(2)9-14-30/h6-11,13-14,17-19,21-22,31H,3,12,15-16,20,23H2,1-2,4-5H3. The number of benzene rings is 3. The Bertz CT molecular complexity index is 1370. The summed E-state index contributed by atoms with van der Waals surface area (Å²) < 4.78 is 0. The van der Waals surface area contributed by atoms with Crippen LogP contribution in [0.15, 0.2) is 96.1 Å². The van der Waals surface area contributed by atoms with E-state index in [1.165, 1.54) is 73.2 Å². The third-order valence-electron chi connectivity index (χ3n) is 8.23. The molecule has 0 saturated carbocycles. The number of allylic oxidation sites excluding steroid dienone is 6. The van der Waals surface area contributed by atoms with Gasteiger partial charge in [0, 0.05) is 0 Å². The molecule has 0 N–H and O–H groups in total. The van der Waals surface area contributed by atoms with Crippen LogP contribution in [0.5, 0.6) is 0 Å². The molecule has 0 bridgehead atoms. The summed E-state index contributed by atoms with van der Waals surface area (Å²) in [5.74, 6) is 0.653. The zero-order chi connectivity index (χ0) is 25.2. The van der Waals surface area contributed by atoms with Gasteiger partial charge in [-0.3, -0.25) is 0 Å². The lowest BCUT2D eigenvalue weighted by atomic mass is 9.83. The molecule has 2 aliphatic rings. The Kier molecular flexibility index (Phi) is 6.97. The van der Waals surface area contributed by atoms with E-state index in [0.29, 0.717) is 5.92 Å². The second-order valence-corrected chi connectivity index (χ2v) is 10.9. The number of fused-ring (bicyclic) bond motifs is 1. The van der Waals surface area contributed by atoms with Crippen molar-refractivity contribution in [1.29, 1.82) is 0 Å². The first kappa shape index (κ1) is 24.3. The van der Waals surface area contributed by atoms with Crippen molar-refractivity contribution in [2.75, 3.05) is 0 Å². The van der Waals surface area contributed by atoms with E-state index in [0.717, 1.165) is 25.7 Å². The van der Waals surface area contributed by atoms with E-state index >= 15 is 0 Å². The fourth-order valence-corrected chi connectivity index (χ4v) is 5.67. The first-order valence-corrected chi connectivity index (χ1v) is 13.4. The SMILES string of the molecule is C=C(Cc1ccc2c(c1C)CC(C1=CCC(CCc3ccc(C)cc3)C(C)=C1)=C2)c1ccc(C)cc1. The van der Waals surface area contributed by atoms with Crippen LogP contribution in [0.2, 0.25) is 0 Å². The van der Waals surface area contributed by atoms with Gasteiger partial charge < -0.3 is 0 Å². The van der Waals surface area contributed by atoms with Crippen LogP contribution in [-0.2, 0) is 19.3 Å². The Morgan fingerprint density at radius 3 is 2.22 bits per heavy atom. The topological polar surface area (TPSA) is 0 Å². The zero-order valence-corrected chi connectivity index (χ0v) is 22.3. The molecule has 1 atom stereocenters. The van der Waals surface area contributed by atoms with Crippen molar-refractivity contribution in [2.24, 2.45) is 5.92 Å². The van der Waals surface area contributed by atoms with Crippen LogP contribution in [0.25, 0.3) is 11.6 Å². The number of aryl methyl sites for hydroxylation is 3. The van der Waals surface area contributed by atoms with Gasteiger partial charge in [-0.15, -0.1) is 0 Å². The molecule has 0 aromatic heterocycles. The van der Waals surface area contributed by atoms with Gasteiger partial charge in [0.25, 0.3) is 0 Å². The number of hydrogen-bond donors (Lipinski definition) is 0. The summed E-state index contributed by atoms with van der Waals surface area (Å²) in [4.78, 5) is 0. The molecule has 0 saturated heterocycles. The number of rotatable bonds is 7. The molecular weight excluding hydrogens is 432 g/mol. The highest BCUT2D eigenvalue weighted by Crippen LogP contribution is 2.38. The molecule has 182 valence electrons. The highest BCUT2D eigenvalue weighted by molar-refractivity contribution is 5.73. The van der Waals surface area contributed by atoms with Crippen molar-refractivity contribution in [3.05, 3.63) is 141 Å². The molecule has 0 heteroatoms. The summed E-state index contributed by atoms with van der Waals surface area (Å²) >= 11 is 0. The Hall–Kier alpha value is -3.38. The van der Waals surface area contributed by atoms with Crippen LogP contribution in [0, 0.1) is 26.7 Å². The quantitative estimate of drug-likeness (QED) is 0.323. The first-order valence-electron chi connectivity index (χ1n) is 13.4. The maximum Gasteiger partial charge on any atom is -0.00111 e. The molecule has 0 fully saturated rings. The van der Waals surface area contributed by atoms with Gasteiger partial charge in [0.1, 0.15) is 0 Å². The monoisotopic (exact) mass is 470 g/mol. The molecule has 0 aliphatic heterocycles. The Morgan fingerprint density at radius 2 is 1.53 bits per heavy atom. The van der Waals surface area contributed by atoms with Gasteiger partial charge in [-0.2, -0.15) is 0 Å². The lowest BCUT2D eigenvalue weighted by Gasteiger charge is -2.22. The van der Waals surface area contributed by atoms with Gasteiger partial charge in [0.2, 0.25) is 0 Å². The molecular formula is C36H38. The smallest absolute Gasteiger partial charge is 0.00111 e. The van der Waals surface area contributed by atoms with Gasteiger partial charge in [0.15, 0.2) is 0 Å². The van der Waals surface area contributed by atoms with E-state index < -0.39 is 0 Å². The van der Waals surface area contributed by atoms with Crippen molar-refractivity contribution >= 4 is 11.6 Å². The number of hydrogen-bond acceptors (Lipinski definition) is 0. The van der Waals surface area contributed by atoms with Gasteiger partial charge >= 0.3 is 0 Å². The Balaban J connectivity index is 1.24. The van der Waals surface area contributed by atoms with Crippen LogP contribution in [0.1, 0.15) is 64.3 Å². The minimum Gasteiger partial charge on any atom is -0.0949 e. The van der Waals surface area contributed by atoms with Crippen molar-refractivity contribution in [3.63, 3.8) is 0 Å². The lowest BCUT2D eigenvalue weighted by molar-refractivity contribution is 0.559. The van der Waals surface area contributed by atoms with E-state index in [9.17, 15) is 0 Å². The maximum absolute atomic E-state index is 4.40. The van der Waals surface area contributed by atoms with Crippen molar-refractivity contribution < 1.29 is 0 Å². The van der Waals surface area contributed by atoms with E-state index in [1.54, 1.807) is 0 Å². The first-order chi connectivity index (χ1) is 17.4. The van der Waals surface area contributed by atoms with Crippen LogP contribution in [-0.4, -0.2) is 0 Å². The average molecular weight is 471 g/mol. The van der Waals surface area contributed by atoms with Gasteiger partial charge in [0.05, 0.1) is 0 Å². The molecule has 0 radical (unpaired) electrons. The molecule has 0 heterocycles. The molecule has 3 aromatic carbocycles. The normalized spacial score (nSPS) is 16.8. The third kappa shape index (κ3) is 5.24. The fraction of sp³-hybridized carbons (Fsp3) is 0.278. The molecule has 36 heavy (non-hydrogen) atoms. The second kappa shape index (κ2) is 10.3. The summed E-state index contributed by atoms with van der Waals surface area (Å²) in [6.07, 6.45) is 12.8.